The van der Waals surface area contributed by atoms with Crippen molar-refractivity contribution in [1.29, 1.82) is 0 Å². The Hall–Kier alpha value is -2.15. The molecule has 2 rings (SSSR count). The predicted octanol–water partition coefficient (Wildman–Crippen LogP) is 0.423. The topological polar surface area (TPSA) is 91.5 Å². The van der Waals surface area contributed by atoms with Crippen LogP contribution in [0, 0.1) is 13.8 Å². The molecule has 1 fully saturated rings. The van der Waals surface area contributed by atoms with Crippen LogP contribution in [-0.2, 0) is 9.53 Å². The van der Waals surface area contributed by atoms with Crippen LogP contribution in [0.15, 0.2) is 0 Å². The second-order valence-corrected chi connectivity index (χ2v) is 5.33. The Morgan fingerprint density at radius 3 is 2.55 bits per heavy atom. The van der Waals surface area contributed by atoms with Crippen LogP contribution in [0.1, 0.15) is 39.0 Å². The number of nitrogens with zero attached hydrogens (tertiary/aromatic N) is 1. The minimum absolute atomic E-state index is 0.0911. The predicted molar refractivity (Wildman–Crippen MR) is 80.0 cm³/mol. The molecule has 7 nitrogen and oxygen atoms in total. The molecule has 0 spiro atoms. The zero-order valence-electron chi connectivity index (χ0n) is 13.1. The van der Waals surface area contributed by atoms with Crippen molar-refractivity contribution in [2.24, 2.45) is 0 Å². The molecule has 0 radical (unpaired) electrons. The molecule has 1 aromatic rings. The van der Waals surface area contributed by atoms with E-state index in [4.69, 9.17) is 4.74 Å². The summed E-state index contributed by atoms with van der Waals surface area (Å²) in [4.78, 5) is 40.8. The number of aromatic amines is 1. The Bertz CT molecular complexity index is 606. The van der Waals surface area contributed by atoms with Crippen LogP contribution in [0.5, 0.6) is 0 Å². The summed E-state index contributed by atoms with van der Waals surface area (Å²) in [5.41, 5.74) is 1.93. The fourth-order valence-corrected chi connectivity index (χ4v) is 2.70. The third kappa shape index (κ3) is 3.36. The first-order valence-corrected chi connectivity index (χ1v) is 7.32. The third-order valence-electron chi connectivity index (χ3n) is 3.62. The first kappa shape index (κ1) is 16.2. The Morgan fingerprint density at radius 2 is 1.91 bits per heavy atom. The summed E-state index contributed by atoms with van der Waals surface area (Å²) in [5.74, 6) is -0.768. The van der Waals surface area contributed by atoms with Gasteiger partial charge in [-0.25, -0.2) is 4.79 Å². The van der Waals surface area contributed by atoms with Crippen molar-refractivity contribution in [1.82, 2.24) is 15.2 Å². The molecule has 1 aromatic heterocycles. The van der Waals surface area contributed by atoms with E-state index in [0.29, 0.717) is 35.6 Å². The van der Waals surface area contributed by atoms with E-state index in [1.807, 2.05) is 0 Å². The van der Waals surface area contributed by atoms with Crippen molar-refractivity contribution in [3.05, 3.63) is 22.5 Å². The smallest absolute Gasteiger partial charge is 0.340 e. The highest BCUT2D eigenvalue weighted by Gasteiger charge is 2.27. The van der Waals surface area contributed by atoms with Crippen molar-refractivity contribution >= 4 is 17.7 Å². The van der Waals surface area contributed by atoms with Gasteiger partial charge >= 0.3 is 5.97 Å². The molecule has 1 amide bonds. The minimum atomic E-state index is -0.496. The van der Waals surface area contributed by atoms with E-state index in [0.717, 1.165) is 0 Å². The van der Waals surface area contributed by atoms with E-state index in [2.05, 4.69) is 10.3 Å². The molecule has 1 aliphatic heterocycles. The molecule has 22 heavy (non-hydrogen) atoms. The second-order valence-electron chi connectivity index (χ2n) is 5.33. The van der Waals surface area contributed by atoms with Crippen molar-refractivity contribution in [3.63, 3.8) is 0 Å². The van der Waals surface area contributed by atoms with Crippen molar-refractivity contribution in [2.75, 3.05) is 32.8 Å². The number of H-pyrrole nitrogens is 1. The molecule has 0 bridgehead atoms. The number of ketones is 1. The third-order valence-corrected chi connectivity index (χ3v) is 3.62. The maximum atomic E-state index is 12.6. The fourth-order valence-electron chi connectivity index (χ4n) is 2.70. The Balaban J connectivity index is 2.21. The molecule has 0 saturated carbocycles. The molecule has 7 heteroatoms. The van der Waals surface area contributed by atoms with Gasteiger partial charge in [0.15, 0.2) is 5.78 Å². The average molecular weight is 307 g/mol. The van der Waals surface area contributed by atoms with Crippen LogP contribution in [-0.4, -0.2) is 60.3 Å². The van der Waals surface area contributed by atoms with Gasteiger partial charge in [0.1, 0.15) is 0 Å². The maximum Gasteiger partial charge on any atom is 0.340 e. The molecule has 0 atom stereocenters. The molecular formula is C15H21N3O4. The SMILES string of the molecule is CCOC(=O)c1c(C)[nH]c(C)c1C(=O)CN1CCNC(=O)C1. The summed E-state index contributed by atoms with van der Waals surface area (Å²) < 4.78 is 5.03. The number of hydrogen-bond acceptors (Lipinski definition) is 5. The molecule has 1 aliphatic rings. The van der Waals surface area contributed by atoms with E-state index < -0.39 is 5.97 Å². The lowest BCUT2D eigenvalue weighted by Crippen LogP contribution is -2.49. The molecular weight excluding hydrogens is 286 g/mol. The monoisotopic (exact) mass is 307 g/mol. The van der Waals surface area contributed by atoms with Gasteiger partial charge in [-0.3, -0.25) is 14.5 Å². The van der Waals surface area contributed by atoms with Crippen molar-refractivity contribution in [2.45, 2.75) is 20.8 Å². The van der Waals surface area contributed by atoms with Gasteiger partial charge in [-0.15, -0.1) is 0 Å². The minimum Gasteiger partial charge on any atom is -0.462 e. The zero-order valence-corrected chi connectivity index (χ0v) is 13.1. The van der Waals surface area contributed by atoms with Crippen LogP contribution < -0.4 is 5.32 Å². The standard InChI is InChI=1S/C15H21N3O4/c1-4-22-15(21)14-10(3)17-9(2)13(14)11(19)7-18-6-5-16-12(20)8-18/h17H,4-8H2,1-3H3,(H,16,20). The number of rotatable bonds is 5. The van der Waals surface area contributed by atoms with Crippen LogP contribution in [0.3, 0.4) is 0 Å². The highest BCUT2D eigenvalue weighted by atomic mass is 16.5. The van der Waals surface area contributed by atoms with Crippen LogP contribution in [0.25, 0.3) is 0 Å². The number of aromatic nitrogens is 1. The molecule has 2 N–H and O–H groups in total. The summed E-state index contributed by atoms with van der Waals surface area (Å²) in [6.45, 7) is 6.93. The lowest BCUT2D eigenvalue weighted by atomic mass is 10.0. The largest absolute Gasteiger partial charge is 0.462 e. The van der Waals surface area contributed by atoms with Crippen LogP contribution in [0.4, 0.5) is 0 Å². The molecule has 120 valence electrons. The van der Waals surface area contributed by atoms with Crippen molar-refractivity contribution in [3.8, 4) is 0 Å². The molecule has 0 aliphatic carbocycles. The number of amides is 1. The summed E-state index contributed by atoms with van der Waals surface area (Å²) >= 11 is 0. The number of esters is 1. The highest BCUT2D eigenvalue weighted by molar-refractivity contribution is 6.09. The number of nitrogens with one attached hydrogen (secondary N) is 2. The number of ether oxygens (including phenoxy) is 1. The number of carbonyl (C=O) groups excluding carboxylic acids is 3. The molecule has 0 unspecified atom stereocenters. The van der Waals surface area contributed by atoms with Gasteiger partial charge in [-0.05, 0) is 20.8 Å². The molecule has 0 aromatic carbocycles. The average Bonchev–Trinajstić information content (AvgIpc) is 2.73. The quantitative estimate of drug-likeness (QED) is 0.608. The first-order chi connectivity index (χ1) is 10.4. The van der Waals surface area contributed by atoms with Crippen LogP contribution in [0.2, 0.25) is 0 Å². The van der Waals surface area contributed by atoms with E-state index >= 15 is 0 Å². The number of aryl methyl sites for hydroxylation is 2. The van der Waals surface area contributed by atoms with E-state index in [-0.39, 0.29) is 31.4 Å². The zero-order chi connectivity index (χ0) is 16.3. The number of piperazine rings is 1. The summed E-state index contributed by atoms with van der Waals surface area (Å²) in [5, 5.41) is 2.71. The Kier molecular flexibility index (Phi) is 4.97. The van der Waals surface area contributed by atoms with E-state index in [1.54, 1.807) is 25.7 Å². The Labute approximate surface area is 129 Å². The van der Waals surface area contributed by atoms with Crippen LogP contribution >= 0.6 is 0 Å². The second kappa shape index (κ2) is 6.74. The first-order valence-electron chi connectivity index (χ1n) is 7.32. The van der Waals surface area contributed by atoms with Gasteiger partial charge in [-0.1, -0.05) is 0 Å². The lowest BCUT2D eigenvalue weighted by molar-refractivity contribution is -0.123. The maximum absolute atomic E-state index is 12.6. The van der Waals surface area contributed by atoms with Crippen molar-refractivity contribution < 1.29 is 19.1 Å². The van der Waals surface area contributed by atoms with Gasteiger partial charge < -0.3 is 15.0 Å². The molecule has 2 heterocycles. The van der Waals surface area contributed by atoms with Gasteiger partial charge in [0, 0.05) is 24.5 Å². The summed E-state index contributed by atoms with van der Waals surface area (Å²) in [6.07, 6.45) is 0. The summed E-state index contributed by atoms with van der Waals surface area (Å²) in [7, 11) is 0. The summed E-state index contributed by atoms with van der Waals surface area (Å²) in [6, 6.07) is 0. The number of carbonyl (C=O) groups is 3. The highest BCUT2D eigenvalue weighted by Crippen LogP contribution is 2.20. The number of hydrogen-bond donors (Lipinski definition) is 2. The number of Topliss-reactive ketones (excluding diaryl/α,β-unsaturated/α-hetero) is 1. The normalized spacial score (nSPS) is 15.5. The van der Waals surface area contributed by atoms with Gasteiger partial charge in [0.05, 0.1) is 30.8 Å². The lowest BCUT2D eigenvalue weighted by Gasteiger charge is -2.25. The van der Waals surface area contributed by atoms with E-state index in [9.17, 15) is 14.4 Å². The fraction of sp³-hybridized carbons (Fsp3) is 0.533. The Morgan fingerprint density at radius 1 is 1.23 bits per heavy atom. The van der Waals surface area contributed by atoms with Gasteiger partial charge in [0.25, 0.3) is 0 Å². The van der Waals surface area contributed by atoms with Gasteiger partial charge in [-0.2, -0.15) is 0 Å². The molecule has 1 saturated heterocycles. The van der Waals surface area contributed by atoms with Gasteiger partial charge in [0.2, 0.25) is 5.91 Å². The van der Waals surface area contributed by atoms with E-state index in [1.165, 1.54) is 0 Å².